The monoisotopic (exact) mass is 394 g/mol. The topological polar surface area (TPSA) is 26.3 Å². The molecule has 1 fully saturated rings. The number of rotatable bonds is 4. The summed E-state index contributed by atoms with van der Waals surface area (Å²) in [4.78, 5) is 12.5. The van der Waals surface area contributed by atoms with E-state index in [9.17, 15) is 4.79 Å². The maximum atomic E-state index is 12.5. The molecule has 0 saturated heterocycles. The van der Waals surface area contributed by atoms with Gasteiger partial charge in [0.1, 0.15) is 5.75 Å². The van der Waals surface area contributed by atoms with Gasteiger partial charge in [0.05, 0.1) is 6.10 Å². The van der Waals surface area contributed by atoms with Gasteiger partial charge in [0, 0.05) is 20.1 Å². The molecule has 0 aliphatic heterocycles. The molecular formula is C16H12Br2O2. The van der Waals surface area contributed by atoms with Crippen LogP contribution in [0.15, 0.2) is 51.4 Å². The molecule has 0 spiro atoms. The van der Waals surface area contributed by atoms with Gasteiger partial charge in [0.2, 0.25) is 0 Å². The Balaban J connectivity index is 1.88. The molecule has 1 saturated carbocycles. The molecular weight excluding hydrogens is 384 g/mol. The number of hydrogen-bond donors (Lipinski definition) is 0. The summed E-state index contributed by atoms with van der Waals surface area (Å²) in [5.74, 6) is 0.764. The fraction of sp³-hybridized carbons (Fsp3) is 0.188. The smallest absolute Gasteiger partial charge is 0.193 e. The van der Waals surface area contributed by atoms with Crippen molar-refractivity contribution in [1.82, 2.24) is 0 Å². The Morgan fingerprint density at radius 2 is 1.70 bits per heavy atom. The maximum Gasteiger partial charge on any atom is 0.193 e. The Bertz CT molecular complexity index is 643. The van der Waals surface area contributed by atoms with E-state index in [2.05, 4.69) is 31.9 Å². The normalized spacial score (nSPS) is 14.1. The second-order valence-electron chi connectivity index (χ2n) is 4.83. The van der Waals surface area contributed by atoms with Crippen LogP contribution in [0.4, 0.5) is 0 Å². The lowest BCUT2D eigenvalue weighted by Gasteiger charge is -2.07. The Morgan fingerprint density at radius 1 is 1.00 bits per heavy atom. The number of hydrogen-bond acceptors (Lipinski definition) is 2. The minimum atomic E-state index is -0.00625. The summed E-state index contributed by atoms with van der Waals surface area (Å²) in [6.07, 6.45) is 2.55. The fourth-order valence-corrected chi connectivity index (χ4v) is 3.23. The van der Waals surface area contributed by atoms with E-state index in [4.69, 9.17) is 4.74 Å². The van der Waals surface area contributed by atoms with Crippen LogP contribution in [0.2, 0.25) is 0 Å². The Kier molecular flexibility index (Phi) is 3.94. The van der Waals surface area contributed by atoms with Gasteiger partial charge in [-0.25, -0.2) is 0 Å². The lowest BCUT2D eigenvalue weighted by Crippen LogP contribution is -2.03. The average molecular weight is 396 g/mol. The number of carbonyl (C=O) groups excluding carboxylic acids is 1. The van der Waals surface area contributed by atoms with E-state index in [1.165, 1.54) is 0 Å². The van der Waals surface area contributed by atoms with Crippen molar-refractivity contribution in [3.8, 4) is 5.75 Å². The Morgan fingerprint density at radius 3 is 2.35 bits per heavy atom. The quantitative estimate of drug-likeness (QED) is 0.682. The van der Waals surface area contributed by atoms with E-state index >= 15 is 0 Å². The van der Waals surface area contributed by atoms with Crippen molar-refractivity contribution >= 4 is 37.6 Å². The van der Waals surface area contributed by atoms with Gasteiger partial charge in [-0.2, -0.15) is 0 Å². The van der Waals surface area contributed by atoms with Crippen LogP contribution in [-0.2, 0) is 0 Å². The summed E-state index contributed by atoms with van der Waals surface area (Å²) in [5, 5.41) is 0. The van der Waals surface area contributed by atoms with Crippen LogP contribution in [0.3, 0.4) is 0 Å². The van der Waals surface area contributed by atoms with E-state index in [1.54, 1.807) is 0 Å². The highest BCUT2D eigenvalue weighted by atomic mass is 79.9. The minimum absolute atomic E-state index is 0.00625. The highest BCUT2D eigenvalue weighted by Gasteiger charge is 2.23. The van der Waals surface area contributed by atoms with Crippen LogP contribution < -0.4 is 4.74 Å². The molecule has 0 bridgehead atoms. The van der Waals surface area contributed by atoms with Crippen molar-refractivity contribution in [3.05, 3.63) is 62.5 Å². The number of ether oxygens (including phenoxy) is 1. The third-order valence-corrected chi connectivity index (χ3v) is 3.96. The minimum Gasteiger partial charge on any atom is -0.490 e. The van der Waals surface area contributed by atoms with Crippen molar-refractivity contribution < 1.29 is 9.53 Å². The first-order valence-electron chi connectivity index (χ1n) is 6.39. The van der Waals surface area contributed by atoms with Crippen LogP contribution in [0.1, 0.15) is 28.8 Å². The number of benzene rings is 2. The molecule has 2 aromatic rings. The van der Waals surface area contributed by atoms with E-state index in [-0.39, 0.29) is 5.78 Å². The molecule has 0 amide bonds. The molecule has 0 radical (unpaired) electrons. The lowest BCUT2D eigenvalue weighted by atomic mass is 10.0. The van der Waals surface area contributed by atoms with Crippen molar-refractivity contribution in [3.63, 3.8) is 0 Å². The molecule has 0 heterocycles. The molecule has 0 unspecified atom stereocenters. The summed E-state index contributed by atoms with van der Waals surface area (Å²) >= 11 is 6.80. The predicted molar refractivity (Wildman–Crippen MR) is 85.4 cm³/mol. The van der Waals surface area contributed by atoms with Gasteiger partial charge in [0.15, 0.2) is 5.78 Å². The fourth-order valence-electron chi connectivity index (χ4n) is 1.94. The first kappa shape index (κ1) is 13.8. The summed E-state index contributed by atoms with van der Waals surface area (Å²) in [6, 6.07) is 12.9. The molecule has 1 aliphatic rings. The zero-order chi connectivity index (χ0) is 14.1. The second kappa shape index (κ2) is 5.70. The van der Waals surface area contributed by atoms with Crippen molar-refractivity contribution in [2.45, 2.75) is 18.9 Å². The SMILES string of the molecule is O=C(c1cc(Br)cc(Br)c1)c1cccc(OC2CC2)c1. The Labute approximate surface area is 134 Å². The zero-order valence-electron chi connectivity index (χ0n) is 10.6. The second-order valence-corrected chi connectivity index (χ2v) is 6.66. The van der Waals surface area contributed by atoms with Gasteiger partial charge in [-0.15, -0.1) is 0 Å². The van der Waals surface area contributed by atoms with Crippen LogP contribution in [0.25, 0.3) is 0 Å². The molecule has 0 aromatic heterocycles. The summed E-state index contributed by atoms with van der Waals surface area (Å²) in [7, 11) is 0. The number of halogens is 2. The summed E-state index contributed by atoms with van der Waals surface area (Å²) in [6.45, 7) is 0. The van der Waals surface area contributed by atoms with E-state index < -0.39 is 0 Å². The van der Waals surface area contributed by atoms with E-state index in [1.807, 2.05) is 42.5 Å². The molecule has 0 atom stereocenters. The molecule has 0 N–H and O–H groups in total. The Hall–Kier alpha value is -1.13. The maximum absolute atomic E-state index is 12.5. The standard InChI is InChI=1S/C16H12Br2O2/c17-12-6-11(7-13(18)9-12)16(19)10-2-1-3-15(8-10)20-14-4-5-14/h1-3,6-9,14H,4-5H2. The molecule has 2 nitrogen and oxygen atoms in total. The van der Waals surface area contributed by atoms with Crippen LogP contribution in [0.5, 0.6) is 5.75 Å². The molecule has 20 heavy (non-hydrogen) atoms. The molecule has 4 heteroatoms. The molecule has 1 aliphatic carbocycles. The zero-order valence-corrected chi connectivity index (χ0v) is 13.8. The third-order valence-electron chi connectivity index (χ3n) is 3.05. The van der Waals surface area contributed by atoms with Crippen LogP contribution in [0, 0.1) is 0 Å². The highest BCUT2D eigenvalue weighted by molar-refractivity contribution is 9.11. The molecule has 2 aromatic carbocycles. The first-order valence-corrected chi connectivity index (χ1v) is 7.98. The van der Waals surface area contributed by atoms with Crippen molar-refractivity contribution in [2.24, 2.45) is 0 Å². The number of carbonyl (C=O) groups is 1. The molecule has 102 valence electrons. The molecule has 3 rings (SSSR count). The van der Waals surface area contributed by atoms with Gasteiger partial charge in [-0.3, -0.25) is 4.79 Å². The van der Waals surface area contributed by atoms with Crippen molar-refractivity contribution in [1.29, 1.82) is 0 Å². The largest absolute Gasteiger partial charge is 0.490 e. The van der Waals surface area contributed by atoms with Crippen LogP contribution >= 0.6 is 31.9 Å². The lowest BCUT2D eigenvalue weighted by molar-refractivity contribution is 0.103. The first-order chi connectivity index (χ1) is 9.61. The average Bonchev–Trinajstić information content (AvgIpc) is 3.21. The van der Waals surface area contributed by atoms with Gasteiger partial charge in [0.25, 0.3) is 0 Å². The third kappa shape index (κ3) is 3.30. The van der Waals surface area contributed by atoms with Gasteiger partial charge >= 0.3 is 0 Å². The van der Waals surface area contributed by atoms with E-state index in [0.717, 1.165) is 27.5 Å². The van der Waals surface area contributed by atoms with Gasteiger partial charge in [-0.1, -0.05) is 44.0 Å². The highest BCUT2D eigenvalue weighted by Crippen LogP contribution is 2.28. The summed E-state index contributed by atoms with van der Waals surface area (Å²) < 4.78 is 7.48. The summed E-state index contributed by atoms with van der Waals surface area (Å²) in [5.41, 5.74) is 1.29. The van der Waals surface area contributed by atoms with E-state index in [0.29, 0.717) is 17.2 Å². The van der Waals surface area contributed by atoms with Gasteiger partial charge < -0.3 is 4.74 Å². The predicted octanol–water partition coefficient (Wildman–Crippen LogP) is 4.98. The number of ketones is 1. The van der Waals surface area contributed by atoms with Gasteiger partial charge in [-0.05, 0) is 43.2 Å². The van der Waals surface area contributed by atoms with Crippen molar-refractivity contribution in [2.75, 3.05) is 0 Å². The van der Waals surface area contributed by atoms with Crippen LogP contribution in [-0.4, -0.2) is 11.9 Å².